The maximum Gasteiger partial charge on any atom is 0.313 e. The van der Waals surface area contributed by atoms with Gasteiger partial charge in [0.25, 0.3) is 0 Å². The molecule has 1 aliphatic rings. The first-order valence-electron chi connectivity index (χ1n) is 3.23. The lowest BCUT2D eigenvalue weighted by Gasteiger charge is -2.15. The van der Waals surface area contributed by atoms with Gasteiger partial charge < -0.3 is 20.7 Å². The zero-order chi connectivity index (χ0) is 9.30. The van der Waals surface area contributed by atoms with Crippen molar-refractivity contribution >= 4 is 32.2 Å². The van der Waals surface area contributed by atoms with Gasteiger partial charge in [-0.2, -0.15) is 4.91 Å². The molecule has 1 heterocycles. The number of hydrogen-bond acceptors (Lipinski definition) is 3. The third-order valence-electron chi connectivity index (χ3n) is 1.48. The van der Waals surface area contributed by atoms with Crippen molar-refractivity contribution in [2.24, 2.45) is 0 Å². The summed E-state index contributed by atoms with van der Waals surface area (Å²) < 4.78 is 5.32. The first-order valence-corrected chi connectivity index (χ1v) is 5.31. The number of ether oxygens (including phenoxy) is 1. The molecule has 0 amide bonds. The van der Waals surface area contributed by atoms with E-state index in [0.29, 0.717) is 4.91 Å². The van der Waals surface area contributed by atoms with Gasteiger partial charge >= 0.3 is 5.97 Å². The van der Waals surface area contributed by atoms with Crippen LogP contribution in [0.3, 0.4) is 0 Å². The van der Waals surface area contributed by atoms with Gasteiger partial charge in [-0.3, -0.25) is 0 Å². The molecular formula is C8H8BrO2S-. The van der Waals surface area contributed by atoms with Crippen molar-refractivity contribution in [3.05, 3.63) is 20.4 Å². The van der Waals surface area contributed by atoms with Gasteiger partial charge in [0.15, 0.2) is 0 Å². The summed E-state index contributed by atoms with van der Waals surface area (Å²) in [7, 11) is 0.752. The van der Waals surface area contributed by atoms with Crippen LogP contribution >= 0.6 is 15.9 Å². The molecule has 0 radical (unpaired) electrons. The summed E-state index contributed by atoms with van der Waals surface area (Å²) in [5.41, 5.74) is 5.76. The molecule has 12 heavy (non-hydrogen) atoms. The molecule has 0 unspecified atom stereocenters. The Bertz CT molecular complexity index is 357. The number of hydrogen-bond donors (Lipinski definition) is 0. The maximum absolute atomic E-state index is 11.2. The number of rotatable bonds is 1. The van der Waals surface area contributed by atoms with Gasteiger partial charge in [0, 0.05) is 4.48 Å². The molecule has 0 spiro atoms. The van der Waals surface area contributed by atoms with E-state index in [9.17, 15) is 4.79 Å². The molecule has 1 rings (SSSR count). The second-order valence-corrected chi connectivity index (χ2v) is 4.84. The summed E-state index contributed by atoms with van der Waals surface area (Å²) >= 11 is 3.26. The summed E-state index contributed by atoms with van der Waals surface area (Å²) in [6.45, 7) is 1.89. The topological polar surface area (TPSA) is 26.3 Å². The summed E-state index contributed by atoms with van der Waals surface area (Å²) in [6, 6.07) is 0. The molecule has 0 aromatic rings. The average Bonchev–Trinajstić information content (AvgIpc) is 2.26. The average molecular weight is 248 g/mol. The van der Waals surface area contributed by atoms with E-state index < -0.39 is 10.3 Å². The Morgan fingerprint density at radius 2 is 2.33 bits per heavy atom. The Balaban J connectivity index is 3.06. The van der Waals surface area contributed by atoms with Crippen molar-refractivity contribution < 1.29 is 9.53 Å². The van der Waals surface area contributed by atoms with Gasteiger partial charge in [-0.1, -0.05) is 28.9 Å². The molecule has 0 saturated heterocycles. The first kappa shape index (κ1) is 9.65. The largest absolute Gasteiger partial charge is 0.467 e. The van der Waals surface area contributed by atoms with E-state index in [-0.39, 0.29) is 5.97 Å². The Labute approximate surface area is 82.0 Å². The summed E-state index contributed by atoms with van der Waals surface area (Å²) in [5, 5.41) is 0. The van der Waals surface area contributed by atoms with E-state index in [0.717, 1.165) is 9.39 Å². The Kier molecular flexibility index (Phi) is 2.83. The molecule has 4 heteroatoms. The van der Waals surface area contributed by atoms with Crippen LogP contribution in [0.1, 0.15) is 6.92 Å². The van der Waals surface area contributed by atoms with Crippen LogP contribution in [0.2, 0.25) is 0 Å². The van der Waals surface area contributed by atoms with Crippen molar-refractivity contribution in [1.82, 2.24) is 0 Å². The number of halogens is 1. The highest BCUT2D eigenvalue weighted by Gasteiger charge is 2.10. The molecule has 0 aromatic heterocycles. The second kappa shape index (κ2) is 3.52. The quantitative estimate of drug-likeness (QED) is 0.523. The number of esters is 1. The Morgan fingerprint density at radius 1 is 1.75 bits per heavy atom. The molecule has 0 saturated carbocycles. The summed E-state index contributed by atoms with van der Waals surface area (Å²) in [4.78, 5) is 12.7. The van der Waals surface area contributed by atoms with Gasteiger partial charge in [0.2, 0.25) is 0 Å². The van der Waals surface area contributed by atoms with Crippen molar-refractivity contribution in [2.75, 3.05) is 7.11 Å². The van der Waals surface area contributed by atoms with E-state index in [4.69, 9.17) is 5.69 Å². The number of carbonyl (C=O) groups is 1. The van der Waals surface area contributed by atoms with Gasteiger partial charge in [-0.15, -0.1) is 0 Å². The molecule has 0 atom stereocenters. The fourth-order valence-electron chi connectivity index (χ4n) is 0.853. The van der Waals surface area contributed by atoms with Crippen LogP contribution in [0.5, 0.6) is 0 Å². The van der Waals surface area contributed by atoms with Gasteiger partial charge in [0.05, 0.1) is 7.11 Å². The van der Waals surface area contributed by atoms with E-state index in [1.807, 2.05) is 13.0 Å². The molecule has 2 nitrogen and oxygen atoms in total. The Morgan fingerprint density at radius 3 is 2.67 bits per heavy atom. The first-order chi connectivity index (χ1) is 5.57. The molecule has 1 aliphatic heterocycles. The van der Waals surface area contributed by atoms with Crippen molar-refractivity contribution in [3.8, 4) is 5.69 Å². The van der Waals surface area contributed by atoms with Crippen LogP contribution in [-0.4, -0.2) is 13.1 Å². The molecule has 0 aliphatic carbocycles. The lowest BCUT2D eigenvalue weighted by molar-refractivity contribution is -0.135. The number of carbonyl (C=O) groups excluding carboxylic acids is 1. The molecule has 66 valence electrons. The zero-order valence-electron chi connectivity index (χ0n) is 6.76. The zero-order valence-corrected chi connectivity index (χ0v) is 9.16. The normalized spacial score (nSPS) is 18.0. The van der Waals surface area contributed by atoms with Crippen molar-refractivity contribution in [1.29, 1.82) is 0 Å². The molecule has 0 N–H and O–H groups in total. The predicted octanol–water partition coefficient (Wildman–Crippen LogP) is 1.89. The highest BCUT2D eigenvalue weighted by molar-refractivity contribution is 9.12. The van der Waals surface area contributed by atoms with Gasteiger partial charge in [-0.05, 0) is 4.91 Å². The molecular weight excluding hydrogens is 240 g/mol. The number of allylic oxidation sites excluding steroid dienone is 3. The number of methoxy groups -OCH3 is 1. The molecule has 0 aromatic carbocycles. The minimum absolute atomic E-state index is 0.360. The SMILES string of the molecule is C#[S-]1C(C)=CC(Br)=C1C(=O)OC. The fourth-order valence-corrected chi connectivity index (χ4v) is 3.13. The van der Waals surface area contributed by atoms with Crippen LogP contribution in [0.4, 0.5) is 0 Å². The van der Waals surface area contributed by atoms with Crippen molar-refractivity contribution in [2.45, 2.75) is 6.92 Å². The van der Waals surface area contributed by atoms with E-state index in [2.05, 4.69) is 20.7 Å². The van der Waals surface area contributed by atoms with Crippen LogP contribution in [-0.2, 0) is 19.8 Å². The van der Waals surface area contributed by atoms with Crippen LogP contribution in [0.15, 0.2) is 20.4 Å². The van der Waals surface area contributed by atoms with Crippen LogP contribution in [0.25, 0.3) is 0 Å². The minimum atomic E-state index is -0.596. The van der Waals surface area contributed by atoms with Crippen LogP contribution in [0, 0.1) is 5.69 Å². The maximum atomic E-state index is 11.2. The molecule has 0 bridgehead atoms. The second-order valence-electron chi connectivity index (χ2n) is 2.26. The monoisotopic (exact) mass is 247 g/mol. The smallest absolute Gasteiger partial charge is 0.313 e. The highest BCUT2D eigenvalue weighted by Crippen LogP contribution is 2.29. The van der Waals surface area contributed by atoms with Gasteiger partial charge in [-0.25, -0.2) is 4.79 Å². The summed E-state index contributed by atoms with van der Waals surface area (Å²) in [5.74, 6) is -0.360. The minimum Gasteiger partial charge on any atom is -0.467 e. The standard InChI is InChI=1S/C8H8BrO2S/c1-5-4-6(9)7(12(5)3)8(10)11-2/h3-4H,1-2H3/q-1. The van der Waals surface area contributed by atoms with Gasteiger partial charge in [0.1, 0.15) is 0 Å². The van der Waals surface area contributed by atoms with E-state index >= 15 is 0 Å². The lowest BCUT2D eigenvalue weighted by atomic mass is 10.4. The third kappa shape index (κ3) is 1.51. The van der Waals surface area contributed by atoms with Crippen LogP contribution < -0.4 is 0 Å². The highest BCUT2D eigenvalue weighted by atomic mass is 79.9. The Hall–Kier alpha value is -0.440. The predicted molar refractivity (Wildman–Crippen MR) is 54.0 cm³/mol. The van der Waals surface area contributed by atoms with E-state index in [1.54, 1.807) is 0 Å². The van der Waals surface area contributed by atoms with Crippen molar-refractivity contribution in [3.63, 3.8) is 0 Å². The van der Waals surface area contributed by atoms with E-state index in [1.165, 1.54) is 7.11 Å². The molecule has 0 fully saturated rings. The third-order valence-corrected chi connectivity index (χ3v) is 4.01. The fraction of sp³-hybridized carbons (Fsp3) is 0.250. The lowest BCUT2D eigenvalue weighted by Crippen LogP contribution is -2.06. The summed E-state index contributed by atoms with van der Waals surface area (Å²) in [6.07, 6.45) is 1.84.